The van der Waals surface area contributed by atoms with Crippen LogP contribution < -0.4 is 15.8 Å². The van der Waals surface area contributed by atoms with E-state index in [2.05, 4.69) is 17.0 Å². The number of amides is 1. The van der Waals surface area contributed by atoms with E-state index in [1.54, 1.807) is 26.0 Å². The molecule has 0 aliphatic heterocycles. The monoisotopic (exact) mass is 313 g/mol. The van der Waals surface area contributed by atoms with Crippen molar-refractivity contribution >= 4 is 21.6 Å². The minimum atomic E-state index is -3.69. The molecule has 0 aliphatic carbocycles. The molecule has 0 atom stereocenters. The second-order valence-corrected chi connectivity index (χ2v) is 7.27. The van der Waals surface area contributed by atoms with E-state index in [1.165, 1.54) is 12.1 Å². The van der Waals surface area contributed by atoms with Crippen LogP contribution in [0.4, 0.5) is 5.69 Å². The summed E-state index contributed by atoms with van der Waals surface area (Å²) in [4.78, 5) is 11.1. The highest BCUT2D eigenvalue weighted by atomic mass is 32.2. The summed E-state index contributed by atoms with van der Waals surface area (Å²) in [7, 11) is -3.69. The highest BCUT2D eigenvalue weighted by molar-refractivity contribution is 7.89. The zero-order valence-corrected chi connectivity index (χ0v) is 13.5. The maximum absolute atomic E-state index is 12.3. The molecule has 0 unspecified atom stereocenters. The molecule has 6 nitrogen and oxygen atoms in total. The van der Waals surface area contributed by atoms with Crippen LogP contribution in [0.1, 0.15) is 33.6 Å². The summed E-state index contributed by atoms with van der Waals surface area (Å²) in [6.07, 6.45) is 0.922. The molecule has 0 aromatic heterocycles. The van der Waals surface area contributed by atoms with Gasteiger partial charge in [-0.1, -0.05) is 6.92 Å². The van der Waals surface area contributed by atoms with Crippen LogP contribution >= 0.6 is 0 Å². The van der Waals surface area contributed by atoms with E-state index < -0.39 is 21.5 Å². The Bertz CT molecular complexity index is 580. The van der Waals surface area contributed by atoms with Gasteiger partial charge in [0, 0.05) is 24.2 Å². The fourth-order valence-electron chi connectivity index (χ4n) is 1.92. The lowest BCUT2D eigenvalue weighted by Gasteiger charge is -2.24. The molecule has 0 bridgehead atoms. The van der Waals surface area contributed by atoms with Crippen molar-refractivity contribution in [1.29, 1.82) is 0 Å². The summed E-state index contributed by atoms with van der Waals surface area (Å²) < 4.78 is 27.0. The first-order valence-corrected chi connectivity index (χ1v) is 8.31. The van der Waals surface area contributed by atoms with Crippen LogP contribution in [0.15, 0.2) is 29.2 Å². The molecular formula is C14H23N3O3S. The highest BCUT2D eigenvalue weighted by Crippen LogP contribution is 2.17. The van der Waals surface area contributed by atoms with Gasteiger partial charge in [-0.25, -0.2) is 13.1 Å². The van der Waals surface area contributed by atoms with E-state index in [0.29, 0.717) is 0 Å². The molecule has 7 heteroatoms. The lowest BCUT2D eigenvalue weighted by molar-refractivity contribution is -0.119. The number of hydrogen-bond acceptors (Lipinski definition) is 4. The lowest BCUT2D eigenvalue weighted by Crippen LogP contribution is -2.45. The zero-order chi connectivity index (χ0) is 16.1. The fraction of sp³-hybridized carbons (Fsp3) is 0.500. The summed E-state index contributed by atoms with van der Waals surface area (Å²) in [5.41, 5.74) is 5.06. The number of hydrogen-bond donors (Lipinski definition) is 3. The SMILES string of the molecule is CCCNc1ccc(S(=O)(=O)NC(C)(C)CC(N)=O)cc1. The predicted octanol–water partition coefficient (Wildman–Crippen LogP) is 1.44. The number of nitrogens with two attached hydrogens (primary N) is 1. The first-order chi connectivity index (χ1) is 9.66. The smallest absolute Gasteiger partial charge is 0.241 e. The minimum absolute atomic E-state index is 0.0671. The van der Waals surface area contributed by atoms with Crippen LogP contribution in [0.2, 0.25) is 0 Å². The largest absolute Gasteiger partial charge is 0.385 e. The number of sulfonamides is 1. The van der Waals surface area contributed by atoms with Crippen molar-refractivity contribution in [3.63, 3.8) is 0 Å². The van der Waals surface area contributed by atoms with Gasteiger partial charge in [0.15, 0.2) is 0 Å². The van der Waals surface area contributed by atoms with Crippen molar-refractivity contribution in [3.8, 4) is 0 Å². The molecule has 4 N–H and O–H groups in total. The van der Waals surface area contributed by atoms with Gasteiger partial charge in [-0.2, -0.15) is 0 Å². The van der Waals surface area contributed by atoms with Crippen molar-refractivity contribution in [2.24, 2.45) is 5.73 Å². The quantitative estimate of drug-likeness (QED) is 0.676. The summed E-state index contributed by atoms with van der Waals surface area (Å²) in [5.74, 6) is -0.554. The van der Waals surface area contributed by atoms with Gasteiger partial charge in [0.25, 0.3) is 0 Å². The minimum Gasteiger partial charge on any atom is -0.385 e. The van der Waals surface area contributed by atoms with Crippen molar-refractivity contribution in [1.82, 2.24) is 4.72 Å². The molecule has 0 saturated heterocycles. The number of rotatable bonds is 8. The summed E-state index contributed by atoms with van der Waals surface area (Å²) in [6, 6.07) is 6.48. The van der Waals surface area contributed by atoms with E-state index in [0.717, 1.165) is 18.7 Å². The molecule has 0 fully saturated rings. The third kappa shape index (κ3) is 5.73. The Balaban J connectivity index is 2.85. The molecule has 0 radical (unpaired) electrons. The van der Waals surface area contributed by atoms with Crippen LogP contribution in [0.25, 0.3) is 0 Å². The summed E-state index contributed by atoms with van der Waals surface area (Å²) >= 11 is 0. The molecule has 0 spiro atoms. The second kappa shape index (κ2) is 6.91. The van der Waals surface area contributed by atoms with Crippen LogP contribution in [0, 0.1) is 0 Å². The Morgan fingerprint density at radius 1 is 1.24 bits per heavy atom. The van der Waals surface area contributed by atoms with Crippen molar-refractivity contribution in [3.05, 3.63) is 24.3 Å². The van der Waals surface area contributed by atoms with Gasteiger partial charge in [-0.05, 0) is 44.5 Å². The first kappa shape index (κ1) is 17.5. The Morgan fingerprint density at radius 3 is 2.29 bits per heavy atom. The molecule has 0 heterocycles. The van der Waals surface area contributed by atoms with E-state index in [9.17, 15) is 13.2 Å². The maximum Gasteiger partial charge on any atom is 0.241 e. The number of carbonyl (C=O) groups is 1. The van der Waals surface area contributed by atoms with Crippen LogP contribution in [0.3, 0.4) is 0 Å². The molecule has 21 heavy (non-hydrogen) atoms. The number of primary amides is 1. The Labute approximate surface area is 126 Å². The molecule has 0 saturated carbocycles. The molecule has 1 aromatic carbocycles. The average Bonchev–Trinajstić information content (AvgIpc) is 2.33. The first-order valence-electron chi connectivity index (χ1n) is 6.82. The van der Waals surface area contributed by atoms with E-state index in [1.807, 2.05) is 0 Å². The molecule has 1 aromatic rings. The fourth-order valence-corrected chi connectivity index (χ4v) is 3.33. The predicted molar refractivity (Wildman–Crippen MR) is 83.4 cm³/mol. The molecular weight excluding hydrogens is 290 g/mol. The number of anilines is 1. The highest BCUT2D eigenvalue weighted by Gasteiger charge is 2.27. The van der Waals surface area contributed by atoms with Gasteiger partial charge in [-0.3, -0.25) is 4.79 Å². The maximum atomic E-state index is 12.3. The van der Waals surface area contributed by atoms with E-state index in [4.69, 9.17) is 5.73 Å². The standard InChI is InChI=1S/C14H23N3O3S/c1-4-9-16-11-5-7-12(8-6-11)21(19,20)17-14(2,3)10-13(15)18/h5-8,16-17H,4,9-10H2,1-3H3,(H2,15,18). The van der Waals surface area contributed by atoms with Crippen molar-refractivity contribution < 1.29 is 13.2 Å². The Morgan fingerprint density at radius 2 is 1.81 bits per heavy atom. The summed E-state index contributed by atoms with van der Waals surface area (Å²) in [6.45, 7) is 6.12. The number of carbonyl (C=O) groups excluding carboxylic acids is 1. The lowest BCUT2D eigenvalue weighted by atomic mass is 10.0. The van der Waals surface area contributed by atoms with Gasteiger partial charge < -0.3 is 11.1 Å². The van der Waals surface area contributed by atoms with Gasteiger partial charge in [0.1, 0.15) is 0 Å². The van der Waals surface area contributed by atoms with Crippen molar-refractivity contribution in [2.75, 3.05) is 11.9 Å². The zero-order valence-electron chi connectivity index (χ0n) is 12.6. The molecule has 1 rings (SSSR count). The molecule has 0 aliphatic rings. The van der Waals surface area contributed by atoms with E-state index >= 15 is 0 Å². The third-order valence-electron chi connectivity index (χ3n) is 2.77. The van der Waals surface area contributed by atoms with E-state index in [-0.39, 0.29) is 11.3 Å². The topological polar surface area (TPSA) is 101 Å². The summed E-state index contributed by atoms with van der Waals surface area (Å²) in [5, 5.41) is 3.17. The second-order valence-electron chi connectivity index (χ2n) is 5.58. The van der Waals surface area contributed by atoms with Crippen LogP contribution in [-0.2, 0) is 14.8 Å². The van der Waals surface area contributed by atoms with Crippen molar-refractivity contribution in [2.45, 2.75) is 44.0 Å². The number of benzene rings is 1. The normalized spacial score (nSPS) is 12.1. The van der Waals surface area contributed by atoms with Gasteiger partial charge >= 0.3 is 0 Å². The van der Waals surface area contributed by atoms with Crippen LogP contribution in [-0.4, -0.2) is 26.4 Å². The van der Waals surface area contributed by atoms with Gasteiger partial charge in [0.2, 0.25) is 15.9 Å². The molecule has 118 valence electrons. The Kier molecular flexibility index (Phi) is 5.74. The average molecular weight is 313 g/mol. The van der Waals surface area contributed by atoms with Gasteiger partial charge in [-0.15, -0.1) is 0 Å². The van der Waals surface area contributed by atoms with Crippen LogP contribution in [0.5, 0.6) is 0 Å². The van der Waals surface area contributed by atoms with Gasteiger partial charge in [0.05, 0.1) is 4.90 Å². The Hall–Kier alpha value is -1.60. The number of nitrogens with one attached hydrogen (secondary N) is 2. The third-order valence-corrected chi connectivity index (χ3v) is 4.48. The molecule has 1 amide bonds.